The molecule has 3 aliphatic rings. The summed E-state index contributed by atoms with van der Waals surface area (Å²) in [6.45, 7) is 9.07. The highest BCUT2D eigenvalue weighted by Gasteiger charge is 2.40. The lowest BCUT2D eigenvalue weighted by Gasteiger charge is -2.50. The van der Waals surface area contributed by atoms with Crippen LogP contribution in [-0.2, 0) is 0 Å². The quantitative estimate of drug-likeness (QED) is 0.350. The highest BCUT2D eigenvalue weighted by molar-refractivity contribution is 14.0. The number of nitrogens with zero attached hydrogens (tertiary/aromatic N) is 5. The summed E-state index contributed by atoms with van der Waals surface area (Å²) >= 11 is 0. The van der Waals surface area contributed by atoms with Gasteiger partial charge in [0, 0.05) is 45.3 Å². The third kappa shape index (κ3) is 5.86. The first-order valence-corrected chi connectivity index (χ1v) is 12.0. The number of piperazine rings is 1. The first-order valence-electron chi connectivity index (χ1n) is 12.0. The van der Waals surface area contributed by atoms with Gasteiger partial charge in [-0.25, -0.2) is 4.39 Å². The number of anilines is 1. The summed E-state index contributed by atoms with van der Waals surface area (Å²) in [6.07, 6.45) is 6.45. The van der Waals surface area contributed by atoms with E-state index in [9.17, 15) is 4.39 Å². The summed E-state index contributed by atoms with van der Waals surface area (Å²) in [5, 5.41) is 3.75. The summed E-state index contributed by atoms with van der Waals surface area (Å²) in [6, 6.07) is 7.08. The number of para-hydroxylation sites is 1. The highest BCUT2D eigenvalue weighted by atomic mass is 127. The van der Waals surface area contributed by atoms with Crippen LogP contribution < -0.4 is 10.2 Å². The topological polar surface area (TPSA) is 37.4 Å². The van der Waals surface area contributed by atoms with Gasteiger partial charge in [-0.1, -0.05) is 18.6 Å². The molecule has 3 fully saturated rings. The predicted molar refractivity (Wildman–Crippen MR) is 142 cm³/mol. The van der Waals surface area contributed by atoms with E-state index in [1.165, 1.54) is 45.2 Å². The number of hydrogen-bond acceptors (Lipinski definition) is 4. The SMILES string of the molecule is CN=C(NCC1(N2CCCCC2)CCN(C)CC1)N1CCN(c2ccccc2F)CC1.I. The third-order valence-electron chi connectivity index (χ3n) is 7.50. The average molecular weight is 559 g/mol. The maximum absolute atomic E-state index is 14.2. The molecule has 180 valence electrons. The second kappa shape index (κ2) is 11.8. The van der Waals surface area contributed by atoms with E-state index >= 15 is 0 Å². The van der Waals surface area contributed by atoms with Gasteiger partial charge in [-0.05, 0) is 71.0 Å². The van der Waals surface area contributed by atoms with E-state index in [0.29, 0.717) is 5.69 Å². The zero-order chi connectivity index (χ0) is 21.7. The fourth-order valence-electron chi connectivity index (χ4n) is 5.45. The van der Waals surface area contributed by atoms with Crippen LogP contribution in [0.25, 0.3) is 0 Å². The summed E-state index contributed by atoms with van der Waals surface area (Å²) in [7, 11) is 4.12. The smallest absolute Gasteiger partial charge is 0.193 e. The zero-order valence-corrected chi connectivity index (χ0v) is 22.1. The van der Waals surface area contributed by atoms with Gasteiger partial charge >= 0.3 is 0 Å². The van der Waals surface area contributed by atoms with Crippen molar-refractivity contribution in [3.8, 4) is 0 Å². The monoisotopic (exact) mass is 558 g/mol. The van der Waals surface area contributed by atoms with Crippen molar-refractivity contribution in [3.05, 3.63) is 30.1 Å². The molecular formula is C24H40FIN6. The Morgan fingerprint density at radius 3 is 2.25 bits per heavy atom. The Morgan fingerprint density at radius 1 is 0.969 bits per heavy atom. The van der Waals surface area contributed by atoms with Crippen molar-refractivity contribution in [1.29, 1.82) is 0 Å². The van der Waals surface area contributed by atoms with E-state index in [0.717, 1.165) is 51.8 Å². The number of benzene rings is 1. The molecule has 0 amide bonds. The molecule has 3 saturated heterocycles. The summed E-state index contributed by atoms with van der Waals surface area (Å²) in [4.78, 5) is 14.3. The highest BCUT2D eigenvalue weighted by Crippen LogP contribution is 2.31. The molecule has 1 N–H and O–H groups in total. The van der Waals surface area contributed by atoms with Crippen LogP contribution in [0.15, 0.2) is 29.3 Å². The van der Waals surface area contributed by atoms with Gasteiger partial charge in [-0.3, -0.25) is 9.89 Å². The van der Waals surface area contributed by atoms with Gasteiger partial charge in [0.25, 0.3) is 0 Å². The summed E-state index contributed by atoms with van der Waals surface area (Å²) in [5.41, 5.74) is 0.943. The number of halogens is 2. The number of hydrogen-bond donors (Lipinski definition) is 1. The molecule has 0 aliphatic carbocycles. The minimum absolute atomic E-state index is 0. The van der Waals surface area contributed by atoms with Crippen LogP contribution in [-0.4, -0.2) is 99.2 Å². The number of aliphatic imine (C=N–C) groups is 1. The van der Waals surface area contributed by atoms with E-state index in [-0.39, 0.29) is 35.3 Å². The number of nitrogens with one attached hydrogen (secondary N) is 1. The van der Waals surface area contributed by atoms with Crippen molar-refractivity contribution in [3.63, 3.8) is 0 Å². The lowest BCUT2D eigenvalue weighted by atomic mass is 9.84. The molecule has 0 unspecified atom stereocenters. The summed E-state index contributed by atoms with van der Waals surface area (Å²) in [5.74, 6) is 0.854. The molecule has 32 heavy (non-hydrogen) atoms. The Hall–Kier alpha value is -1.13. The molecule has 0 atom stereocenters. The van der Waals surface area contributed by atoms with Crippen LogP contribution in [0.4, 0.5) is 10.1 Å². The average Bonchev–Trinajstić information content (AvgIpc) is 2.82. The van der Waals surface area contributed by atoms with Gasteiger partial charge in [0.15, 0.2) is 5.96 Å². The number of rotatable bonds is 4. The first-order chi connectivity index (χ1) is 15.1. The third-order valence-corrected chi connectivity index (χ3v) is 7.50. The van der Waals surface area contributed by atoms with E-state index in [1.54, 1.807) is 12.1 Å². The normalized spacial score (nSPS) is 23.0. The second-order valence-corrected chi connectivity index (χ2v) is 9.40. The maximum atomic E-state index is 14.2. The molecule has 8 heteroatoms. The fraction of sp³-hybridized carbons (Fsp3) is 0.708. The van der Waals surface area contributed by atoms with Crippen LogP contribution in [0.5, 0.6) is 0 Å². The van der Waals surface area contributed by atoms with E-state index in [1.807, 2.05) is 19.2 Å². The number of guanidine groups is 1. The molecule has 6 nitrogen and oxygen atoms in total. The summed E-state index contributed by atoms with van der Waals surface area (Å²) < 4.78 is 14.2. The molecule has 0 saturated carbocycles. The van der Waals surface area contributed by atoms with Crippen molar-refractivity contribution in [2.75, 3.05) is 77.9 Å². The Bertz CT molecular complexity index is 738. The van der Waals surface area contributed by atoms with E-state index in [4.69, 9.17) is 0 Å². The number of piperidine rings is 2. The zero-order valence-electron chi connectivity index (χ0n) is 19.7. The van der Waals surface area contributed by atoms with Crippen LogP contribution in [0.1, 0.15) is 32.1 Å². The van der Waals surface area contributed by atoms with E-state index in [2.05, 4.69) is 37.0 Å². The van der Waals surface area contributed by atoms with Crippen molar-refractivity contribution in [1.82, 2.24) is 20.0 Å². The molecule has 0 spiro atoms. The largest absolute Gasteiger partial charge is 0.366 e. The van der Waals surface area contributed by atoms with Crippen molar-refractivity contribution in [2.24, 2.45) is 4.99 Å². The Morgan fingerprint density at radius 2 is 1.62 bits per heavy atom. The van der Waals surface area contributed by atoms with Gasteiger partial charge in [0.2, 0.25) is 0 Å². The molecule has 3 heterocycles. The Balaban J connectivity index is 0.00000289. The van der Waals surface area contributed by atoms with Crippen LogP contribution in [0, 0.1) is 5.82 Å². The minimum Gasteiger partial charge on any atom is -0.366 e. The van der Waals surface area contributed by atoms with Crippen LogP contribution in [0.3, 0.4) is 0 Å². The molecule has 3 aliphatic heterocycles. The van der Waals surface area contributed by atoms with Crippen molar-refractivity contribution >= 4 is 35.6 Å². The van der Waals surface area contributed by atoms with Gasteiger partial charge in [-0.15, -0.1) is 24.0 Å². The van der Waals surface area contributed by atoms with Gasteiger partial charge in [0.1, 0.15) is 5.82 Å². The molecular weight excluding hydrogens is 518 g/mol. The lowest BCUT2D eigenvalue weighted by molar-refractivity contribution is 0.0169. The standard InChI is InChI=1S/C24H39FN6.HI/c1-26-23(30-18-16-29(17-19-30)22-9-5-4-8-21(22)25)27-20-24(10-14-28(2)15-11-24)31-12-6-3-7-13-31;/h4-5,8-9H,3,6-7,10-20H2,1-2H3,(H,26,27);1H. The molecule has 0 radical (unpaired) electrons. The minimum atomic E-state index is -0.135. The second-order valence-electron chi connectivity index (χ2n) is 9.40. The van der Waals surface area contributed by atoms with Crippen molar-refractivity contribution < 1.29 is 4.39 Å². The Labute approximate surface area is 210 Å². The van der Waals surface area contributed by atoms with Gasteiger partial charge < -0.3 is 20.0 Å². The van der Waals surface area contributed by atoms with E-state index < -0.39 is 0 Å². The Kier molecular flexibility index (Phi) is 9.43. The molecule has 0 bridgehead atoms. The molecule has 0 aromatic heterocycles. The van der Waals surface area contributed by atoms with Crippen LogP contribution in [0.2, 0.25) is 0 Å². The first kappa shape index (κ1) is 25.5. The molecule has 4 rings (SSSR count). The lowest BCUT2D eigenvalue weighted by Crippen LogP contribution is -2.63. The molecule has 1 aromatic carbocycles. The maximum Gasteiger partial charge on any atom is 0.193 e. The molecule has 1 aromatic rings. The predicted octanol–water partition coefficient (Wildman–Crippen LogP) is 3.09. The van der Waals surface area contributed by atoms with Crippen molar-refractivity contribution in [2.45, 2.75) is 37.6 Å². The number of likely N-dealkylation sites (tertiary alicyclic amines) is 2. The van der Waals surface area contributed by atoms with Crippen LogP contribution >= 0.6 is 24.0 Å². The van der Waals surface area contributed by atoms with Gasteiger partial charge in [-0.2, -0.15) is 0 Å². The van der Waals surface area contributed by atoms with Gasteiger partial charge in [0.05, 0.1) is 5.69 Å². The fourth-order valence-corrected chi connectivity index (χ4v) is 5.45.